The van der Waals surface area contributed by atoms with E-state index >= 15 is 0 Å². The fourth-order valence-electron chi connectivity index (χ4n) is 2.89. The second-order valence-electron chi connectivity index (χ2n) is 6.08. The second-order valence-corrected chi connectivity index (χ2v) is 6.52. The predicted octanol–water partition coefficient (Wildman–Crippen LogP) is 3.70. The highest BCUT2D eigenvalue weighted by molar-refractivity contribution is 6.31. The minimum absolute atomic E-state index is 0.304. The smallest absolute Gasteiger partial charge is 0.332 e. The van der Waals surface area contributed by atoms with Gasteiger partial charge >= 0.3 is 5.97 Å². The zero-order valence-corrected chi connectivity index (χ0v) is 15.2. The van der Waals surface area contributed by atoms with E-state index in [2.05, 4.69) is 4.98 Å². The van der Waals surface area contributed by atoms with Gasteiger partial charge in [-0.05, 0) is 36.4 Å². The van der Waals surface area contributed by atoms with Crippen LogP contribution >= 0.6 is 11.6 Å². The lowest BCUT2D eigenvalue weighted by molar-refractivity contribution is -0.140. The number of benzene rings is 2. The highest BCUT2D eigenvalue weighted by atomic mass is 35.5. The number of ether oxygens (including phenoxy) is 1. The molecule has 0 aliphatic carbocycles. The van der Waals surface area contributed by atoms with E-state index in [0.29, 0.717) is 27.4 Å². The van der Waals surface area contributed by atoms with E-state index < -0.39 is 24.5 Å². The average Bonchev–Trinajstić information content (AvgIpc) is 2.95. The zero-order chi connectivity index (χ0) is 19.7. The van der Waals surface area contributed by atoms with Gasteiger partial charge in [0.1, 0.15) is 0 Å². The second kappa shape index (κ2) is 7.25. The summed E-state index contributed by atoms with van der Waals surface area (Å²) in [6, 6.07) is 15.5. The summed E-state index contributed by atoms with van der Waals surface area (Å²) >= 11 is 5.97. The highest BCUT2D eigenvalue weighted by Crippen LogP contribution is 2.22. The number of rotatable bonds is 4. The van der Waals surface area contributed by atoms with Gasteiger partial charge in [-0.25, -0.2) is 14.7 Å². The number of amides is 2. The van der Waals surface area contributed by atoms with Crippen molar-refractivity contribution in [3.8, 4) is 0 Å². The Morgan fingerprint density at radius 3 is 2.43 bits per heavy atom. The summed E-state index contributed by atoms with van der Waals surface area (Å²) in [5, 5.41) is 1.50. The number of carbonyl (C=O) groups is 3. The SMILES string of the molecule is O=C(/C=C/c1ccc2ccc(Cl)cc2n1)OCN1C(=O)c2ccccc2C1=O. The number of nitrogens with zero attached hydrogens (tertiary/aromatic N) is 2. The maximum Gasteiger partial charge on any atom is 0.332 e. The fraction of sp³-hybridized carbons (Fsp3) is 0.0476. The molecule has 0 atom stereocenters. The first-order valence-electron chi connectivity index (χ1n) is 8.39. The van der Waals surface area contributed by atoms with Crippen molar-refractivity contribution < 1.29 is 19.1 Å². The largest absolute Gasteiger partial charge is 0.441 e. The van der Waals surface area contributed by atoms with Gasteiger partial charge < -0.3 is 4.74 Å². The molecule has 0 spiro atoms. The van der Waals surface area contributed by atoms with Crippen molar-refractivity contribution in [2.75, 3.05) is 6.73 Å². The van der Waals surface area contributed by atoms with Crippen LogP contribution in [0.25, 0.3) is 17.0 Å². The van der Waals surface area contributed by atoms with Crippen molar-refractivity contribution in [2.45, 2.75) is 0 Å². The lowest BCUT2D eigenvalue weighted by Crippen LogP contribution is -2.32. The number of hydrogen-bond acceptors (Lipinski definition) is 5. The van der Waals surface area contributed by atoms with E-state index in [-0.39, 0.29) is 0 Å². The number of halogens is 1. The molecule has 0 N–H and O–H groups in total. The lowest BCUT2D eigenvalue weighted by atomic mass is 10.1. The summed E-state index contributed by atoms with van der Waals surface area (Å²) < 4.78 is 5.04. The number of fused-ring (bicyclic) bond motifs is 2. The molecule has 0 fully saturated rings. The van der Waals surface area contributed by atoms with Crippen LogP contribution in [-0.4, -0.2) is 34.4 Å². The Hall–Kier alpha value is -3.51. The fourth-order valence-corrected chi connectivity index (χ4v) is 3.05. The quantitative estimate of drug-likeness (QED) is 0.384. The molecule has 6 nitrogen and oxygen atoms in total. The van der Waals surface area contributed by atoms with E-state index in [0.717, 1.165) is 10.3 Å². The molecular formula is C21H13ClN2O4. The van der Waals surface area contributed by atoms with Gasteiger partial charge in [0.05, 0.1) is 22.3 Å². The Morgan fingerprint density at radius 1 is 1.04 bits per heavy atom. The van der Waals surface area contributed by atoms with Gasteiger partial charge in [0, 0.05) is 16.5 Å². The molecule has 0 saturated carbocycles. The van der Waals surface area contributed by atoms with Crippen LogP contribution in [0, 0.1) is 0 Å². The molecule has 3 aromatic rings. The number of aromatic nitrogens is 1. The molecule has 0 radical (unpaired) electrons. The monoisotopic (exact) mass is 392 g/mol. The Balaban J connectivity index is 1.41. The molecule has 1 aliphatic heterocycles. The van der Waals surface area contributed by atoms with Crippen molar-refractivity contribution in [3.05, 3.63) is 82.5 Å². The molecule has 138 valence electrons. The van der Waals surface area contributed by atoms with Crippen molar-refractivity contribution >= 4 is 46.4 Å². The van der Waals surface area contributed by atoms with Gasteiger partial charge in [0.2, 0.25) is 0 Å². The van der Waals surface area contributed by atoms with E-state index in [1.54, 1.807) is 42.5 Å². The first-order valence-corrected chi connectivity index (χ1v) is 8.77. The van der Waals surface area contributed by atoms with Gasteiger partial charge in [0.15, 0.2) is 6.73 Å². The molecular weight excluding hydrogens is 380 g/mol. The molecule has 2 amide bonds. The summed E-state index contributed by atoms with van der Waals surface area (Å²) in [4.78, 5) is 41.7. The Bertz CT molecular complexity index is 1120. The minimum Gasteiger partial charge on any atom is -0.441 e. The number of imide groups is 1. The highest BCUT2D eigenvalue weighted by Gasteiger charge is 2.35. The molecule has 0 unspecified atom stereocenters. The summed E-state index contributed by atoms with van der Waals surface area (Å²) in [5.74, 6) is -1.65. The molecule has 1 aromatic heterocycles. The molecule has 4 rings (SSSR count). The predicted molar refractivity (Wildman–Crippen MR) is 104 cm³/mol. The van der Waals surface area contributed by atoms with Crippen LogP contribution in [0.5, 0.6) is 0 Å². The van der Waals surface area contributed by atoms with E-state index in [4.69, 9.17) is 16.3 Å². The van der Waals surface area contributed by atoms with Crippen molar-refractivity contribution in [2.24, 2.45) is 0 Å². The molecule has 1 aliphatic rings. The molecule has 0 bridgehead atoms. The van der Waals surface area contributed by atoms with E-state index in [1.165, 1.54) is 12.2 Å². The normalized spacial score (nSPS) is 13.4. The van der Waals surface area contributed by atoms with Crippen LogP contribution in [0.3, 0.4) is 0 Å². The average molecular weight is 393 g/mol. The Kier molecular flexibility index (Phi) is 4.63. The van der Waals surface area contributed by atoms with Crippen LogP contribution in [0.1, 0.15) is 26.4 Å². The third-order valence-corrected chi connectivity index (χ3v) is 4.52. The van der Waals surface area contributed by atoms with Crippen molar-refractivity contribution in [1.82, 2.24) is 9.88 Å². The molecule has 2 heterocycles. The summed E-state index contributed by atoms with van der Waals surface area (Å²) in [6.45, 7) is -0.448. The molecule has 7 heteroatoms. The van der Waals surface area contributed by atoms with Gasteiger partial charge in [-0.15, -0.1) is 0 Å². The van der Waals surface area contributed by atoms with Gasteiger partial charge in [0.25, 0.3) is 11.8 Å². The first-order chi connectivity index (χ1) is 13.5. The summed E-state index contributed by atoms with van der Waals surface area (Å²) in [7, 11) is 0. The van der Waals surface area contributed by atoms with Crippen molar-refractivity contribution in [1.29, 1.82) is 0 Å². The third-order valence-electron chi connectivity index (χ3n) is 4.28. The number of hydrogen-bond donors (Lipinski definition) is 0. The van der Waals surface area contributed by atoms with Gasteiger partial charge in [-0.3, -0.25) is 9.59 Å². The summed E-state index contributed by atoms with van der Waals surface area (Å²) in [6.07, 6.45) is 2.68. The number of pyridine rings is 1. The van der Waals surface area contributed by atoms with E-state index in [9.17, 15) is 14.4 Å². The molecule has 2 aromatic carbocycles. The van der Waals surface area contributed by atoms with Crippen molar-refractivity contribution in [3.63, 3.8) is 0 Å². The summed E-state index contributed by atoms with van der Waals surface area (Å²) in [5.41, 5.74) is 1.86. The van der Waals surface area contributed by atoms with Crippen LogP contribution in [0.4, 0.5) is 0 Å². The maximum absolute atomic E-state index is 12.2. The van der Waals surface area contributed by atoms with Gasteiger partial charge in [-0.2, -0.15) is 0 Å². The minimum atomic E-state index is -0.690. The third kappa shape index (κ3) is 3.37. The number of carbonyl (C=O) groups excluding carboxylic acids is 3. The number of esters is 1. The standard InChI is InChI=1S/C21H13ClN2O4/c22-14-7-5-13-6-8-15(23-18(13)11-14)9-10-19(25)28-12-24-20(26)16-3-1-2-4-17(16)21(24)27/h1-11H,12H2/b10-9+. The Labute approximate surface area is 165 Å². The zero-order valence-electron chi connectivity index (χ0n) is 14.5. The molecule has 0 saturated heterocycles. The topological polar surface area (TPSA) is 76.6 Å². The maximum atomic E-state index is 12.2. The van der Waals surface area contributed by atoms with Crippen LogP contribution in [-0.2, 0) is 9.53 Å². The van der Waals surface area contributed by atoms with E-state index in [1.807, 2.05) is 12.1 Å². The Morgan fingerprint density at radius 2 is 1.71 bits per heavy atom. The van der Waals surface area contributed by atoms with Gasteiger partial charge in [-0.1, -0.05) is 35.9 Å². The first kappa shape index (κ1) is 17.9. The molecule has 28 heavy (non-hydrogen) atoms. The lowest BCUT2D eigenvalue weighted by Gasteiger charge is -2.12. The van der Waals surface area contributed by atoms with Crippen LogP contribution < -0.4 is 0 Å². The van der Waals surface area contributed by atoms with Crippen LogP contribution in [0.2, 0.25) is 5.02 Å². The van der Waals surface area contributed by atoms with Crippen LogP contribution in [0.15, 0.2) is 60.7 Å².